The highest BCUT2D eigenvalue weighted by Gasteiger charge is 2.25. The van der Waals surface area contributed by atoms with Crippen molar-refractivity contribution in [1.29, 1.82) is 0 Å². The third-order valence-electron chi connectivity index (χ3n) is 7.63. The van der Waals surface area contributed by atoms with Crippen LogP contribution in [-0.4, -0.2) is 68.6 Å². The molecule has 9 unspecified atom stereocenters. The van der Waals surface area contributed by atoms with Gasteiger partial charge in [-0.05, 0) is 67.6 Å². The van der Waals surface area contributed by atoms with Gasteiger partial charge in [0.15, 0.2) is 0 Å². The Morgan fingerprint density at radius 1 is 0.976 bits per heavy atom. The summed E-state index contributed by atoms with van der Waals surface area (Å²) in [7, 11) is 0. The van der Waals surface area contributed by atoms with Gasteiger partial charge in [-0.1, -0.05) is 83.6 Å². The Balaban J connectivity index is 2.54. The lowest BCUT2D eigenvalue weighted by atomic mass is 9.87. The standard InChI is InChI=1S/C34H56O7/c1-7-23(2)16-24(3)17-25(4)18-28(22-35)19-27(6)34(40)26(5)14-15-30(37)11-8-10-29(36)12-9-13-32-20-31(38)21-33(39)41-32/h8-10,13-15,18-19,23-26,29-32,34-38,40H,7,11-12,16-17,20-22H2,1-6H3/b10-8+,13-9+,15-14+,27-19+,28-18-. The number of carbonyl (C=O) groups is 1. The lowest BCUT2D eigenvalue weighted by Crippen LogP contribution is -2.31. The van der Waals surface area contributed by atoms with Crippen LogP contribution in [0, 0.1) is 23.7 Å². The van der Waals surface area contributed by atoms with Crippen molar-refractivity contribution in [2.45, 2.75) is 117 Å². The summed E-state index contributed by atoms with van der Waals surface area (Å²) < 4.78 is 5.13. The van der Waals surface area contributed by atoms with Crippen LogP contribution in [0.2, 0.25) is 0 Å². The Morgan fingerprint density at radius 2 is 1.63 bits per heavy atom. The lowest BCUT2D eigenvalue weighted by Gasteiger charge is -2.23. The van der Waals surface area contributed by atoms with Gasteiger partial charge in [-0.15, -0.1) is 0 Å². The van der Waals surface area contributed by atoms with Crippen LogP contribution in [0.15, 0.2) is 59.8 Å². The molecule has 0 bridgehead atoms. The molecule has 0 aromatic rings. The molecule has 234 valence electrons. The number of hydrogen-bond donors (Lipinski definition) is 5. The summed E-state index contributed by atoms with van der Waals surface area (Å²) >= 11 is 0. The Hall–Kier alpha value is -2.03. The van der Waals surface area contributed by atoms with Crippen LogP contribution in [0.5, 0.6) is 0 Å². The van der Waals surface area contributed by atoms with Gasteiger partial charge in [-0.3, -0.25) is 4.79 Å². The van der Waals surface area contributed by atoms with E-state index in [4.69, 9.17) is 4.74 Å². The third kappa shape index (κ3) is 16.3. The van der Waals surface area contributed by atoms with E-state index < -0.39 is 36.5 Å². The Kier molecular flexibility index (Phi) is 18.0. The van der Waals surface area contributed by atoms with Crippen molar-refractivity contribution in [3.63, 3.8) is 0 Å². The van der Waals surface area contributed by atoms with Gasteiger partial charge < -0.3 is 30.3 Å². The van der Waals surface area contributed by atoms with Crippen LogP contribution < -0.4 is 0 Å². The molecule has 0 aliphatic carbocycles. The average Bonchev–Trinajstić information content (AvgIpc) is 2.89. The van der Waals surface area contributed by atoms with Crippen LogP contribution >= 0.6 is 0 Å². The fraction of sp³-hybridized carbons (Fsp3) is 0.676. The zero-order valence-corrected chi connectivity index (χ0v) is 26.0. The van der Waals surface area contributed by atoms with Crippen molar-refractivity contribution < 1.29 is 35.1 Å². The monoisotopic (exact) mass is 576 g/mol. The van der Waals surface area contributed by atoms with Crippen molar-refractivity contribution in [3.8, 4) is 0 Å². The first-order valence-corrected chi connectivity index (χ1v) is 15.3. The third-order valence-corrected chi connectivity index (χ3v) is 7.63. The van der Waals surface area contributed by atoms with E-state index in [1.807, 2.05) is 19.9 Å². The van der Waals surface area contributed by atoms with Crippen molar-refractivity contribution in [2.75, 3.05) is 6.61 Å². The summed E-state index contributed by atoms with van der Waals surface area (Å²) in [6, 6.07) is 0. The van der Waals surface area contributed by atoms with Crippen LogP contribution in [0.4, 0.5) is 0 Å². The zero-order chi connectivity index (χ0) is 30.9. The number of cyclic esters (lactones) is 1. The van der Waals surface area contributed by atoms with Crippen molar-refractivity contribution in [2.24, 2.45) is 23.7 Å². The first-order chi connectivity index (χ1) is 19.3. The number of rotatable bonds is 18. The molecule has 7 heteroatoms. The molecular weight excluding hydrogens is 520 g/mol. The highest BCUT2D eigenvalue weighted by atomic mass is 16.5. The minimum Gasteiger partial charge on any atom is -0.458 e. The molecular formula is C34H56O7. The van der Waals surface area contributed by atoms with E-state index in [1.54, 1.807) is 36.5 Å². The van der Waals surface area contributed by atoms with Crippen molar-refractivity contribution in [3.05, 3.63) is 59.8 Å². The summed E-state index contributed by atoms with van der Waals surface area (Å²) in [5, 5.41) is 50.8. The Labute approximate surface area is 248 Å². The molecule has 41 heavy (non-hydrogen) atoms. The van der Waals surface area contributed by atoms with Crippen LogP contribution in [0.3, 0.4) is 0 Å². The van der Waals surface area contributed by atoms with Gasteiger partial charge in [0.1, 0.15) is 6.10 Å². The number of allylic oxidation sites excluding steroid dienone is 1. The molecule has 1 heterocycles. The number of ether oxygens (including phenoxy) is 1. The number of aliphatic hydroxyl groups is 5. The van der Waals surface area contributed by atoms with Gasteiger partial charge in [0.05, 0.1) is 37.4 Å². The molecule has 1 aliphatic rings. The second-order valence-electron chi connectivity index (χ2n) is 12.1. The first-order valence-electron chi connectivity index (χ1n) is 15.3. The molecule has 0 amide bonds. The van der Waals surface area contributed by atoms with Crippen LogP contribution in [-0.2, 0) is 9.53 Å². The molecule has 1 rings (SSSR count). The molecule has 5 N–H and O–H groups in total. The number of aliphatic hydroxyl groups excluding tert-OH is 5. The lowest BCUT2D eigenvalue weighted by molar-refractivity contribution is -0.156. The van der Waals surface area contributed by atoms with E-state index >= 15 is 0 Å². The summed E-state index contributed by atoms with van der Waals surface area (Å²) in [5.74, 6) is 0.999. The molecule has 0 aromatic carbocycles. The van der Waals surface area contributed by atoms with E-state index in [0.29, 0.717) is 37.0 Å². The van der Waals surface area contributed by atoms with Gasteiger partial charge in [-0.2, -0.15) is 0 Å². The Bertz CT molecular complexity index is 903. The van der Waals surface area contributed by atoms with Crippen molar-refractivity contribution >= 4 is 5.97 Å². The maximum absolute atomic E-state index is 11.4. The summed E-state index contributed by atoms with van der Waals surface area (Å²) in [6.07, 6.45) is 15.1. The second kappa shape index (κ2) is 20.0. The molecule has 1 fully saturated rings. The van der Waals surface area contributed by atoms with Crippen LogP contribution in [0.1, 0.15) is 86.5 Å². The highest BCUT2D eigenvalue weighted by molar-refractivity contribution is 5.71. The molecule has 1 saturated heterocycles. The number of esters is 1. The van der Waals surface area contributed by atoms with Gasteiger partial charge in [0.25, 0.3) is 0 Å². The van der Waals surface area contributed by atoms with E-state index in [9.17, 15) is 30.3 Å². The van der Waals surface area contributed by atoms with E-state index in [0.717, 1.165) is 17.6 Å². The number of carbonyl (C=O) groups excluding carboxylic acids is 1. The zero-order valence-electron chi connectivity index (χ0n) is 26.0. The van der Waals surface area contributed by atoms with E-state index in [1.165, 1.54) is 12.8 Å². The largest absolute Gasteiger partial charge is 0.458 e. The molecule has 0 aromatic heterocycles. The smallest absolute Gasteiger partial charge is 0.309 e. The molecule has 7 nitrogen and oxygen atoms in total. The van der Waals surface area contributed by atoms with Gasteiger partial charge >= 0.3 is 5.97 Å². The molecule has 1 aliphatic heterocycles. The topological polar surface area (TPSA) is 127 Å². The first kappa shape index (κ1) is 37.0. The fourth-order valence-corrected chi connectivity index (χ4v) is 5.19. The highest BCUT2D eigenvalue weighted by Crippen LogP contribution is 2.24. The summed E-state index contributed by atoms with van der Waals surface area (Å²) in [5.41, 5.74) is 1.56. The van der Waals surface area contributed by atoms with Crippen molar-refractivity contribution in [1.82, 2.24) is 0 Å². The Morgan fingerprint density at radius 3 is 2.27 bits per heavy atom. The quantitative estimate of drug-likeness (QED) is 0.0864. The second-order valence-corrected chi connectivity index (χ2v) is 12.1. The normalized spacial score (nSPS) is 24.4. The minimum absolute atomic E-state index is 0.0140. The summed E-state index contributed by atoms with van der Waals surface area (Å²) in [6.45, 7) is 12.6. The maximum Gasteiger partial charge on any atom is 0.309 e. The molecule has 9 atom stereocenters. The van der Waals surface area contributed by atoms with Gasteiger partial charge in [0.2, 0.25) is 0 Å². The minimum atomic E-state index is -0.762. The van der Waals surface area contributed by atoms with E-state index in [2.05, 4.69) is 33.8 Å². The SMILES string of the molecule is CCC(C)CC(C)CC(C)/C=C(/C=C(\C)C(O)C(C)/C=C/C(O)C/C=C/C(O)C/C=C/C1CC(O)CC(=O)O1)CO. The van der Waals surface area contributed by atoms with Crippen LogP contribution in [0.25, 0.3) is 0 Å². The number of hydrogen-bond acceptors (Lipinski definition) is 7. The molecule has 0 spiro atoms. The van der Waals surface area contributed by atoms with Gasteiger partial charge in [-0.25, -0.2) is 0 Å². The fourth-order valence-electron chi connectivity index (χ4n) is 5.19. The molecule has 0 radical (unpaired) electrons. The molecule has 0 saturated carbocycles. The summed E-state index contributed by atoms with van der Waals surface area (Å²) in [4.78, 5) is 11.4. The maximum atomic E-state index is 11.4. The predicted molar refractivity (Wildman–Crippen MR) is 165 cm³/mol. The average molecular weight is 577 g/mol. The van der Waals surface area contributed by atoms with E-state index in [-0.39, 0.29) is 18.9 Å². The predicted octanol–water partition coefficient (Wildman–Crippen LogP) is 5.18. The van der Waals surface area contributed by atoms with Gasteiger partial charge in [0, 0.05) is 12.3 Å².